The highest BCUT2D eigenvalue weighted by atomic mass is 16.5. The lowest BCUT2D eigenvalue weighted by Crippen LogP contribution is -2.28. The molecule has 9 nitrogen and oxygen atoms in total. The highest BCUT2D eigenvalue weighted by Gasteiger charge is 2.26. The molecule has 0 spiro atoms. The van der Waals surface area contributed by atoms with Gasteiger partial charge in [-0.2, -0.15) is 5.10 Å². The molecule has 3 aromatic rings. The van der Waals surface area contributed by atoms with Crippen LogP contribution in [0.15, 0.2) is 16.9 Å². The Balaban J connectivity index is 1.86. The summed E-state index contributed by atoms with van der Waals surface area (Å²) in [7, 11) is 0. The Bertz CT molecular complexity index is 1040. The van der Waals surface area contributed by atoms with E-state index in [9.17, 15) is 4.79 Å². The fourth-order valence-corrected chi connectivity index (χ4v) is 3.74. The molecule has 4 rings (SSSR count). The van der Waals surface area contributed by atoms with Crippen LogP contribution in [-0.2, 0) is 22.4 Å². The first-order valence-corrected chi connectivity index (χ1v) is 10.5. The number of carbonyl (C=O) groups excluding carboxylic acids is 1. The van der Waals surface area contributed by atoms with Gasteiger partial charge in [0.15, 0.2) is 11.3 Å². The van der Waals surface area contributed by atoms with Crippen molar-refractivity contribution in [3.8, 4) is 11.5 Å². The molecule has 0 atom stereocenters. The Labute approximate surface area is 174 Å². The molecule has 0 saturated carbocycles. The highest BCUT2D eigenvalue weighted by molar-refractivity contribution is 5.98. The predicted molar refractivity (Wildman–Crippen MR) is 111 cm³/mol. The second-order valence-electron chi connectivity index (χ2n) is 7.15. The van der Waals surface area contributed by atoms with E-state index in [1.54, 1.807) is 6.92 Å². The highest BCUT2D eigenvalue weighted by Crippen LogP contribution is 2.37. The maximum absolute atomic E-state index is 12.1. The zero-order chi connectivity index (χ0) is 21.1. The zero-order valence-electron chi connectivity index (χ0n) is 17.6. The number of pyridine rings is 1. The lowest BCUT2D eigenvalue weighted by molar-refractivity contribution is 0.0519. The second kappa shape index (κ2) is 8.83. The third-order valence-corrected chi connectivity index (χ3v) is 5.27. The van der Waals surface area contributed by atoms with Crippen LogP contribution in [0, 0.1) is 0 Å². The molecule has 1 aliphatic rings. The smallest absolute Gasteiger partial charge is 0.360 e. The van der Waals surface area contributed by atoms with E-state index in [1.807, 2.05) is 24.7 Å². The van der Waals surface area contributed by atoms with Crippen molar-refractivity contribution in [2.24, 2.45) is 0 Å². The average molecular weight is 413 g/mol. The van der Waals surface area contributed by atoms with Gasteiger partial charge in [-0.05, 0) is 33.1 Å². The fourth-order valence-electron chi connectivity index (χ4n) is 3.74. The van der Waals surface area contributed by atoms with Crippen LogP contribution in [0.1, 0.15) is 49.8 Å². The molecule has 0 radical (unpaired) electrons. The van der Waals surface area contributed by atoms with Crippen molar-refractivity contribution in [1.82, 2.24) is 19.7 Å². The summed E-state index contributed by atoms with van der Waals surface area (Å²) in [5.41, 5.74) is 3.47. The molecule has 1 N–H and O–H groups in total. The van der Waals surface area contributed by atoms with Crippen molar-refractivity contribution >= 4 is 22.7 Å². The van der Waals surface area contributed by atoms with Crippen molar-refractivity contribution in [2.75, 3.05) is 25.1 Å². The van der Waals surface area contributed by atoms with Crippen LogP contribution in [0.5, 0.6) is 0 Å². The Morgan fingerprint density at radius 3 is 2.77 bits per heavy atom. The molecule has 0 amide bonds. The van der Waals surface area contributed by atoms with Crippen molar-refractivity contribution in [3.63, 3.8) is 0 Å². The summed E-state index contributed by atoms with van der Waals surface area (Å²) < 4.78 is 18.2. The maximum Gasteiger partial charge on any atom is 0.360 e. The molecule has 0 bridgehead atoms. The number of hydrogen-bond donors (Lipinski definition) is 1. The molecule has 160 valence electrons. The molecular weight excluding hydrogens is 386 g/mol. The van der Waals surface area contributed by atoms with E-state index >= 15 is 0 Å². The van der Waals surface area contributed by atoms with E-state index in [-0.39, 0.29) is 18.3 Å². The minimum atomic E-state index is -0.502. The quantitative estimate of drug-likeness (QED) is 0.588. The number of nitrogens with zero attached hydrogens (tertiary/aromatic N) is 4. The van der Waals surface area contributed by atoms with Crippen LogP contribution < -0.4 is 5.32 Å². The lowest BCUT2D eigenvalue weighted by atomic mass is 10.0. The summed E-state index contributed by atoms with van der Waals surface area (Å²) in [4.78, 5) is 21.4. The van der Waals surface area contributed by atoms with Gasteiger partial charge in [-0.3, -0.25) is 0 Å². The number of oxazole rings is 1. The number of esters is 1. The van der Waals surface area contributed by atoms with Crippen molar-refractivity contribution in [3.05, 3.63) is 23.8 Å². The van der Waals surface area contributed by atoms with Crippen LogP contribution in [0.3, 0.4) is 0 Å². The number of carbonyl (C=O) groups is 1. The van der Waals surface area contributed by atoms with Gasteiger partial charge in [0.1, 0.15) is 6.26 Å². The molecule has 0 aromatic carbocycles. The molecule has 4 heterocycles. The van der Waals surface area contributed by atoms with Crippen LogP contribution in [0.4, 0.5) is 5.69 Å². The van der Waals surface area contributed by atoms with Crippen molar-refractivity contribution < 1.29 is 18.7 Å². The fraction of sp³-hybridized carbons (Fsp3) is 0.524. The minimum absolute atomic E-state index is 0.148. The third kappa shape index (κ3) is 3.77. The SMILES string of the molecule is CCOC(=O)c1coc(-c2c(CC)nc3c(cnn3CC)c2NC2CCOCC2)n1. The van der Waals surface area contributed by atoms with Crippen LogP contribution in [0.2, 0.25) is 0 Å². The van der Waals surface area contributed by atoms with Gasteiger partial charge in [-0.15, -0.1) is 0 Å². The van der Waals surface area contributed by atoms with Gasteiger partial charge >= 0.3 is 5.97 Å². The van der Waals surface area contributed by atoms with Gasteiger partial charge in [0, 0.05) is 25.8 Å². The molecule has 30 heavy (non-hydrogen) atoms. The second-order valence-corrected chi connectivity index (χ2v) is 7.15. The standard InChI is InChI=1S/C21H27N5O4/c1-4-15-17(20-25-16(12-30-20)21(27)29-6-3)18(23-13-7-9-28-10-8-13)14-11-22-26(5-2)19(14)24-15/h11-13H,4-10H2,1-3H3,(H,23,24). The molecule has 0 aliphatic carbocycles. The monoisotopic (exact) mass is 413 g/mol. The zero-order valence-corrected chi connectivity index (χ0v) is 17.6. The van der Waals surface area contributed by atoms with Crippen LogP contribution >= 0.6 is 0 Å². The van der Waals surface area contributed by atoms with Gasteiger partial charge in [-0.25, -0.2) is 19.4 Å². The van der Waals surface area contributed by atoms with Gasteiger partial charge in [-0.1, -0.05) is 6.92 Å². The molecule has 3 aromatic heterocycles. The number of fused-ring (bicyclic) bond motifs is 1. The molecule has 1 saturated heterocycles. The molecular formula is C21H27N5O4. The third-order valence-electron chi connectivity index (χ3n) is 5.27. The first kappa shape index (κ1) is 20.3. The Morgan fingerprint density at radius 1 is 1.27 bits per heavy atom. The number of hydrogen-bond acceptors (Lipinski definition) is 8. The number of nitrogens with one attached hydrogen (secondary N) is 1. The Hall–Kier alpha value is -2.94. The Morgan fingerprint density at radius 2 is 2.07 bits per heavy atom. The van der Waals surface area contributed by atoms with E-state index in [2.05, 4.69) is 15.4 Å². The summed E-state index contributed by atoms with van der Waals surface area (Å²) >= 11 is 0. The molecule has 9 heteroatoms. The number of aromatic nitrogens is 4. The largest absolute Gasteiger partial charge is 0.461 e. The summed E-state index contributed by atoms with van der Waals surface area (Å²) in [5, 5.41) is 9.09. The first-order valence-electron chi connectivity index (χ1n) is 10.5. The van der Waals surface area contributed by atoms with Gasteiger partial charge in [0.05, 0.1) is 35.1 Å². The summed E-state index contributed by atoms with van der Waals surface area (Å²) in [6.07, 6.45) is 5.66. The number of anilines is 1. The van der Waals surface area contributed by atoms with Gasteiger partial charge in [0.2, 0.25) is 5.89 Å². The predicted octanol–water partition coefficient (Wildman–Crippen LogP) is 3.44. The molecule has 1 fully saturated rings. The molecule has 1 aliphatic heterocycles. The van der Waals surface area contributed by atoms with Crippen LogP contribution in [0.25, 0.3) is 22.5 Å². The lowest BCUT2D eigenvalue weighted by Gasteiger charge is -2.26. The van der Waals surface area contributed by atoms with E-state index < -0.39 is 5.97 Å². The van der Waals surface area contributed by atoms with E-state index in [0.29, 0.717) is 12.3 Å². The summed E-state index contributed by atoms with van der Waals surface area (Å²) in [5.74, 6) is -0.152. The van der Waals surface area contributed by atoms with E-state index in [4.69, 9.17) is 18.9 Å². The first-order chi connectivity index (χ1) is 14.7. The number of aryl methyl sites for hydroxylation is 2. The number of ether oxygens (including phenoxy) is 2. The van der Waals surface area contributed by atoms with Gasteiger partial charge in [0.25, 0.3) is 0 Å². The maximum atomic E-state index is 12.1. The average Bonchev–Trinajstić information content (AvgIpc) is 3.41. The topological polar surface area (TPSA) is 104 Å². The van der Waals surface area contributed by atoms with Crippen molar-refractivity contribution in [1.29, 1.82) is 0 Å². The van der Waals surface area contributed by atoms with E-state index in [1.165, 1.54) is 6.26 Å². The van der Waals surface area contributed by atoms with Crippen LogP contribution in [-0.4, -0.2) is 51.6 Å². The Kier molecular flexibility index (Phi) is 5.98. The normalized spacial score (nSPS) is 14.9. The molecule has 0 unspecified atom stereocenters. The van der Waals surface area contributed by atoms with Crippen molar-refractivity contribution in [2.45, 2.75) is 52.6 Å². The summed E-state index contributed by atoms with van der Waals surface area (Å²) in [6.45, 7) is 8.29. The van der Waals surface area contributed by atoms with Gasteiger partial charge < -0.3 is 19.2 Å². The minimum Gasteiger partial charge on any atom is -0.461 e. The van der Waals surface area contributed by atoms with E-state index in [0.717, 1.165) is 60.6 Å². The summed E-state index contributed by atoms with van der Waals surface area (Å²) in [6, 6.07) is 0.261. The number of rotatable bonds is 7.